The Kier molecular flexibility index (Phi) is 8.44. The minimum atomic E-state index is -0.256. The maximum absolute atomic E-state index is 13.1. The normalized spacial score (nSPS) is 13.9. The molecule has 2 amide bonds. The summed E-state index contributed by atoms with van der Waals surface area (Å²) in [5.41, 5.74) is 1.57. The van der Waals surface area contributed by atoms with Crippen molar-refractivity contribution in [3.63, 3.8) is 0 Å². The van der Waals surface area contributed by atoms with E-state index in [2.05, 4.69) is 10.2 Å². The van der Waals surface area contributed by atoms with E-state index in [4.69, 9.17) is 4.74 Å². The van der Waals surface area contributed by atoms with Crippen molar-refractivity contribution >= 4 is 23.2 Å². The van der Waals surface area contributed by atoms with Crippen LogP contribution in [0.4, 0.5) is 15.8 Å². The van der Waals surface area contributed by atoms with E-state index in [9.17, 15) is 14.0 Å². The van der Waals surface area contributed by atoms with Crippen LogP contribution < -0.4 is 15.0 Å². The number of methoxy groups -OCH3 is 1. The van der Waals surface area contributed by atoms with Gasteiger partial charge in [0, 0.05) is 31.9 Å². The summed E-state index contributed by atoms with van der Waals surface area (Å²) in [7, 11) is 1.56. The quantitative estimate of drug-likeness (QED) is 0.647. The van der Waals surface area contributed by atoms with Crippen molar-refractivity contribution in [1.29, 1.82) is 0 Å². The van der Waals surface area contributed by atoms with Crippen LogP contribution in [0.5, 0.6) is 5.75 Å². The maximum Gasteiger partial charge on any atom is 0.238 e. The van der Waals surface area contributed by atoms with E-state index in [1.54, 1.807) is 31.4 Å². The van der Waals surface area contributed by atoms with Crippen molar-refractivity contribution in [3.8, 4) is 5.75 Å². The minimum Gasteiger partial charge on any atom is -0.495 e. The molecule has 0 atom stereocenters. The first-order chi connectivity index (χ1) is 15.5. The predicted octanol–water partition coefficient (Wildman–Crippen LogP) is 2.83. The Hall–Kier alpha value is -3.13. The highest BCUT2D eigenvalue weighted by molar-refractivity contribution is 5.94. The summed E-state index contributed by atoms with van der Waals surface area (Å²) in [6.45, 7) is 5.60. The van der Waals surface area contributed by atoms with E-state index in [0.29, 0.717) is 44.2 Å². The Morgan fingerprint density at radius 1 is 1.03 bits per heavy atom. The van der Waals surface area contributed by atoms with Crippen molar-refractivity contribution in [3.05, 3.63) is 54.3 Å². The van der Waals surface area contributed by atoms with E-state index >= 15 is 0 Å². The lowest BCUT2D eigenvalue weighted by molar-refractivity contribution is -0.133. The molecule has 2 aromatic carbocycles. The molecular formula is C24H31FN4O3. The first-order valence-corrected chi connectivity index (χ1v) is 10.9. The van der Waals surface area contributed by atoms with Gasteiger partial charge in [-0.3, -0.25) is 14.5 Å². The van der Waals surface area contributed by atoms with Gasteiger partial charge in [0.15, 0.2) is 0 Å². The number of carbonyl (C=O) groups is 2. The summed E-state index contributed by atoms with van der Waals surface area (Å²) in [6, 6.07) is 13.7. The van der Waals surface area contributed by atoms with E-state index < -0.39 is 0 Å². The highest BCUT2D eigenvalue weighted by Crippen LogP contribution is 2.23. The van der Waals surface area contributed by atoms with Gasteiger partial charge in [-0.25, -0.2) is 4.39 Å². The van der Waals surface area contributed by atoms with E-state index in [0.717, 1.165) is 12.1 Å². The molecule has 1 heterocycles. The van der Waals surface area contributed by atoms with Crippen LogP contribution in [0.1, 0.15) is 13.3 Å². The molecule has 1 saturated heterocycles. The molecule has 0 unspecified atom stereocenters. The number of hydrogen-bond donors (Lipinski definition) is 1. The fourth-order valence-corrected chi connectivity index (χ4v) is 3.83. The molecule has 8 heteroatoms. The number of amides is 2. The summed E-state index contributed by atoms with van der Waals surface area (Å²) in [5.74, 6) is 0.172. The molecule has 1 aliphatic heterocycles. The lowest BCUT2D eigenvalue weighted by Crippen LogP contribution is -2.52. The van der Waals surface area contributed by atoms with Crippen LogP contribution >= 0.6 is 0 Å². The van der Waals surface area contributed by atoms with Crippen LogP contribution in [0.3, 0.4) is 0 Å². The third kappa shape index (κ3) is 6.43. The Morgan fingerprint density at radius 2 is 1.72 bits per heavy atom. The second-order valence-corrected chi connectivity index (χ2v) is 7.80. The van der Waals surface area contributed by atoms with Gasteiger partial charge in [0.2, 0.25) is 11.8 Å². The molecule has 32 heavy (non-hydrogen) atoms. The average Bonchev–Trinajstić information content (AvgIpc) is 2.80. The molecule has 2 aromatic rings. The number of benzene rings is 2. The zero-order chi connectivity index (χ0) is 22.9. The molecule has 3 rings (SSSR count). The maximum atomic E-state index is 13.1. The number of anilines is 2. The average molecular weight is 443 g/mol. The van der Waals surface area contributed by atoms with Crippen LogP contribution in [0, 0.1) is 5.82 Å². The van der Waals surface area contributed by atoms with E-state index in [-0.39, 0.29) is 30.7 Å². The highest BCUT2D eigenvalue weighted by Gasteiger charge is 2.23. The molecule has 0 aromatic heterocycles. The van der Waals surface area contributed by atoms with Crippen molar-refractivity contribution < 1.29 is 18.7 Å². The van der Waals surface area contributed by atoms with Crippen LogP contribution in [-0.2, 0) is 9.59 Å². The Morgan fingerprint density at radius 3 is 2.38 bits per heavy atom. The first-order valence-electron chi connectivity index (χ1n) is 10.9. The zero-order valence-electron chi connectivity index (χ0n) is 18.7. The fourth-order valence-electron chi connectivity index (χ4n) is 3.83. The molecular weight excluding hydrogens is 411 g/mol. The van der Waals surface area contributed by atoms with Crippen molar-refractivity contribution in [1.82, 2.24) is 9.80 Å². The van der Waals surface area contributed by atoms with Crippen molar-refractivity contribution in [2.75, 3.05) is 63.1 Å². The SMILES string of the molecule is CCCN(CC(=O)Nc1ccccc1OC)CC(=O)N1CCN(c2ccc(F)cc2)CC1. The summed E-state index contributed by atoms with van der Waals surface area (Å²) in [6.07, 6.45) is 0.841. The van der Waals surface area contributed by atoms with Gasteiger partial charge in [-0.2, -0.15) is 0 Å². The number of halogens is 1. The summed E-state index contributed by atoms with van der Waals surface area (Å²) in [4.78, 5) is 31.3. The van der Waals surface area contributed by atoms with Gasteiger partial charge in [-0.15, -0.1) is 0 Å². The summed E-state index contributed by atoms with van der Waals surface area (Å²) in [5, 5.41) is 2.87. The number of nitrogens with one attached hydrogen (secondary N) is 1. The minimum absolute atomic E-state index is 0.0160. The van der Waals surface area contributed by atoms with E-state index in [1.165, 1.54) is 12.1 Å². The Balaban J connectivity index is 1.51. The second kappa shape index (κ2) is 11.5. The third-order valence-electron chi connectivity index (χ3n) is 5.47. The van der Waals surface area contributed by atoms with Crippen LogP contribution in [-0.4, -0.2) is 74.5 Å². The van der Waals surface area contributed by atoms with Gasteiger partial charge in [0.1, 0.15) is 11.6 Å². The molecule has 1 N–H and O–H groups in total. The second-order valence-electron chi connectivity index (χ2n) is 7.80. The van der Waals surface area contributed by atoms with Gasteiger partial charge in [0.05, 0.1) is 25.9 Å². The molecule has 1 aliphatic rings. The number of para-hydroxylation sites is 2. The zero-order valence-corrected chi connectivity index (χ0v) is 18.7. The molecule has 0 aliphatic carbocycles. The third-order valence-corrected chi connectivity index (χ3v) is 5.47. The Bertz CT molecular complexity index is 898. The van der Waals surface area contributed by atoms with Gasteiger partial charge in [0.25, 0.3) is 0 Å². The van der Waals surface area contributed by atoms with Gasteiger partial charge in [-0.1, -0.05) is 19.1 Å². The lowest BCUT2D eigenvalue weighted by Gasteiger charge is -2.37. The molecule has 1 fully saturated rings. The molecule has 172 valence electrons. The van der Waals surface area contributed by atoms with Gasteiger partial charge in [-0.05, 0) is 49.4 Å². The van der Waals surface area contributed by atoms with Gasteiger partial charge < -0.3 is 19.9 Å². The number of rotatable bonds is 9. The van der Waals surface area contributed by atoms with Crippen molar-refractivity contribution in [2.45, 2.75) is 13.3 Å². The van der Waals surface area contributed by atoms with Crippen LogP contribution in [0.2, 0.25) is 0 Å². The van der Waals surface area contributed by atoms with Crippen LogP contribution in [0.25, 0.3) is 0 Å². The largest absolute Gasteiger partial charge is 0.495 e. The molecule has 7 nitrogen and oxygen atoms in total. The summed E-state index contributed by atoms with van der Waals surface area (Å²) >= 11 is 0. The fraction of sp³-hybridized carbons (Fsp3) is 0.417. The smallest absolute Gasteiger partial charge is 0.238 e. The number of ether oxygens (including phenoxy) is 1. The molecule has 0 bridgehead atoms. The van der Waals surface area contributed by atoms with E-state index in [1.807, 2.05) is 28.9 Å². The number of nitrogens with zero attached hydrogens (tertiary/aromatic N) is 3. The lowest BCUT2D eigenvalue weighted by atomic mass is 10.2. The molecule has 0 spiro atoms. The van der Waals surface area contributed by atoms with Crippen molar-refractivity contribution in [2.24, 2.45) is 0 Å². The standard InChI is InChI=1S/C24H31FN4O3/c1-3-12-27(17-23(30)26-21-6-4-5-7-22(21)32-2)18-24(31)29-15-13-28(14-16-29)20-10-8-19(25)9-11-20/h4-11H,3,12-18H2,1-2H3,(H,26,30). The monoisotopic (exact) mass is 442 g/mol. The Labute approximate surface area is 188 Å². The van der Waals surface area contributed by atoms with Gasteiger partial charge >= 0.3 is 0 Å². The number of carbonyl (C=O) groups excluding carboxylic acids is 2. The first kappa shape index (κ1) is 23.5. The molecule has 0 radical (unpaired) electrons. The predicted molar refractivity (Wildman–Crippen MR) is 124 cm³/mol. The summed E-state index contributed by atoms with van der Waals surface area (Å²) < 4.78 is 18.4. The molecule has 0 saturated carbocycles. The van der Waals surface area contributed by atoms with Crippen LogP contribution in [0.15, 0.2) is 48.5 Å². The highest BCUT2D eigenvalue weighted by atomic mass is 19.1. The number of piperazine rings is 1. The number of hydrogen-bond acceptors (Lipinski definition) is 5. The topological polar surface area (TPSA) is 65.1 Å².